The highest BCUT2D eigenvalue weighted by Gasteiger charge is 2.24. The second-order valence-corrected chi connectivity index (χ2v) is 9.00. The molecule has 0 radical (unpaired) electrons. The van der Waals surface area contributed by atoms with Gasteiger partial charge in [0.15, 0.2) is 10.9 Å². The number of thioether (sulfide) groups is 2. The van der Waals surface area contributed by atoms with Crippen molar-refractivity contribution >= 4 is 52.6 Å². The first-order valence-corrected chi connectivity index (χ1v) is 12.6. The summed E-state index contributed by atoms with van der Waals surface area (Å²) in [5.74, 6) is 0.816. The standard InChI is InChI=1S/C21H27ClN4O2S2/c1-4-11-30-21-23-13-16(22)18(26-21)20(28)25-17(10-12-29-3)19(27)24-15-8-6-14(5-2)7-9-15/h6-9,13,17H,4-5,10-12H2,1-3H3,(H,24,27)(H,25,28)/t17-/m0/s1. The highest BCUT2D eigenvalue weighted by molar-refractivity contribution is 7.99. The van der Waals surface area contributed by atoms with Crippen molar-refractivity contribution in [3.8, 4) is 0 Å². The summed E-state index contributed by atoms with van der Waals surface area (Å²) in [6.45, 7) is 4.13. The Balaban J connectivity index is 2.12. The molecule has 1 aromatic heterocycles. The first-order valence-electron chi connectivity index (χ1n) is 9.83. The number of nitrogens with one attached hydrogen (secondary N) is 2. The van der Waals surface area contributed by atoms with Gasteiger partial charge in [0, 0.05) is 11.4 Å². The average molecular weight is 467 g/mol. The molecule has 0 saturated carbocycles. The van der Waals surface area contributed by atoms with Crippen LogP contribution in [0.3, 0.4) is 0 Å². The van der Waals surface area contributed by atoms with Crippen molar-refractivity contribution < 1.29 is 9.59 Å². The van der Waals surface area contributed by atoms with E-state index in [-0.39, 0.29) is 16.6 Å². The minimum absolute atomic E-state index is 0.0829. The third-order valence-corrected chi connectivity index (χ3v) is 6.22. The third-order valence-electron chi connectivity index (χ3n) is 4.23. The number of benzene rings is 1. The van der Waals surface area contributed by atoms with Crippen LogP contribution in [0.2, 0.25) is 5.02 Å². The van der Waals surface area contributed by atoms with Crippen LogP contribution in [-0.4, -0.2) is 45.6 Å². The van der Waals surface area contributed by atoms with E-state index >= 15 is 0 Å². The molecule has 30 heavy (non-hydrogen) atoms. The van der Waals surface area contributed by atoms with Gasteiger partial charge in [0.1, 0.15) is 6.04 Å². The Morgan fingerprint density at radius 2 is 1.90 bits per heavy atom. The molecular formula is C21H27ClN4O2S2. The van der Waals surface area contributed by atoms with Crippen LogP contribution in [0.5, 0.6) is 0 Å². The number of carbonyl (C=O) groups is 2. The van der Waals surface area contributed by atoms with E-state index in [1.54, 1.807) is 11.8 Å². The van der Waals surface area contributed by atoms with E-state index in [1.165, 1.54) is 23.5 Å². The summed E-state index contributed by atoms with van der Waals surface area (Å²) < 4.78 is 0. The summed E-state index contributed by atoms with van der Waals surface area (Å²) in [7, 11) is 0. The number of anilines is 1. The molecule has 2 aromatic rings. The summed E-state index contributed by atoms with van der Waals surface area (Å²) in [5, 5.41) is 6.32. The molecule has 0 unspecified atom stereocenters. The van der Waals surface area contributed by atoms with Gasteiger partial charge in [-0.05, 0) is 49.0 Å². The van der Waals surface area contributed by atoms with E-state index in [0.29, 0.717) is 17.3 Å². The van der Waals surface area contributed by atoms with Crippen molar-refractivity contribution in [1.29, 1.82) is 0 Å². The molecule has 0 bridgehead atoms. The molecule has 2 rings (SSSR count). The molecule has 0 spiro atoms. The van der Waals surface area contributed by atoms with Crippen molar-refractivity contribution in [1.82, 2.24) is 15.3 Å². The number of nitrogens with zero attached hydrogens (tertiary/aromatic N) is 2. The molecule has 0 aliphatic carbocycles. The number of rotatable bonds is 11. The van der Waals surface area contributed by atoms with Crippen molar-refractivity contribution in [2.24, 2.45) is 0 Å². The minimum Gasteiger partial charge on any atom is -0.339 e. The highest BCUT2D eigenvalue weighted by atomic mass is 35.5. The lowest BCUT2D eigenvalue weighted by molar-refractivity contribution is -0.118. The summed E-state index contributed by atoms with van der Waals surface area (Å²) in [6.07, 6.45) is 5.77. The fourth-order valence-electron chi connectivity index (χ4n) is 2.56. The zero-order valence-electron chi connectivity index (χ0n) is 17.4. The molecule has 0 saturated heterocycles. The molecule has 2 amide bonds. The smallest absolute Gasteiger partial charge is 0.272 e. The Bertz CT molecular complexity index is 849. The Morgan fingerprint density at radius 3 is 2.53 bits per heavy atom. The first-order chi connectivity index (χ1) is 14.5. The van der Waals surface area contributed by atoms with Crippen LogP contribution in [0.1, 0.15) is 42.7 Å². The first kappa shape index (κ1) is 24.5. The number of amides is 2. The zero-order valence-corrected chi connectivity index (χ0v) is 19.8. The van der Waals surface area contributed by atoms with E-state index in [4.69, 9.17) is 11.6 Å². The van der Waals surface area contributed by atoms with Crippen LogP contribution in [0.4, 0.5) is 5.69 Å². The van der Waals surface area contributed by atoms with Crippen molar-refractivity contribution in [2.75, 3.05) is 23.1 Å². The summed E-state index contributed by atoms with van der Waals surface area (Å²) >= 11 is 9.22. The average Bonchev–Trinajstić information content (AvgIpc) is 2.76. The van der Waals surface area contributed by atoms with E-state index in [2.05, 4.69) is 34.4 Å². The largest absolute Gasteiger partial charge is 0.339 e. The Kier molecular flexibility index (Phi) is 10.5. The Morgan fingerprint density at radius 1 is 1.17 bits per heavy atom. The van der Waals surface area contributed by atoms with Crippen molar-refractivity contribution in [3.05, 3.63) is 46.7 Å². The van der Waals surface area contributed by atoms with Crippen LogP contribution < -0.4 is 10.6 Å². The molecule has 162 valence electrons. The van der Waals surface area contributed by atoms with Crippen LogP contribution >= 0.6 is 35.1 Å². The lowest BCUT2D eigenvalue weighted by Gasteiger charge is -2.18. The second kappa shape index (κ2) is 12.8. The monoisotopic (exact) mass is 466 g/mol. The predicted molar refractivity (Wildman–Crippen MR) is 127 cm³/mol. The number of carbonyl (C=O) groups excluding carboxylic acids is 2. The lowest BCUT2D eigenvalue weighted by atomic mass is 10.1. The van der Waals surface area contributed by atoms with E-state index in [9.17, 15) is 9.59 Å². The Labute approximate surface area is 191 Å². The summed E-state index contributed by atoms with van der Waals surface area (Å²) in [5.41, 5.74) is 1.97. The van der Waals surface area contributed by atoms with Gasteiger partial charge in [-0.15, -0.1) is 0 Å². The van der Waals surface area contributed by atoms with E-state index in [1.807, 2.05) is 30.5 Å². The molecule has 6 nitrogen and oxygen atoms in total. The SMILES string of the molecule is CCCSc1ncc(Cl)c(C(=O)N[C@@H](CCSC)C(=O)Nc2ccc(CC)cc2)n1. The number of hydrogen-bond acceptors (Lipinski definition) is 6. The van der Waals surface area contributed by atoms with Crippen LogP contribution in [0.15, 0.2) is 35.6 Å². The molecule has 0 fully saturated rings. The number of halogens is 1. The lowest BCUT2D eigenvalue weighted by Crippen LogP contribution is -2.44. The second-order valence-electron chi connectivity index (χ2n) is 6.54. The van der Waals surface area contributed by atoms with Gasteiger partial charge in [0.2, 0.25) is 5.91 Å². The maximum atomic E-state index is 12.8. The summed E-state index contributed by atoms with van der Waals surface area (Å²) in [6, 6.07) is 6.97. The third kappa shape index (κ3) is 7.49. The molecule has 1 aromatic carbocycles. The quantitative estimate of drug-likeness (QED) is 0.369. The Hall–Kier alpha value is -1.77. The minimum atomic E-state index is -0.700. The predicted octanol–water partition coefficient (Wildman–Crippen LogP) is 4.68. The van der Waals surface area contributed by atoms with Crippen molar-refractivity contribution in [3.63, 3.8) is 0 Å². The van der Waals surface area contributed by atoms with Gasteiger partial charge in [-0.25, -0.2) is 9.97 Å². The van der Waals surface area contributed by atoms with E-state index < -0.39 is 11.9 Å². The fraction of sp³-hybridized carbons (Fsp3) is 0.429. The molecule has 0 aliphatic heterocycles. The molecule has 9 heteroatoms. The maximum Gasteiger partial charge on any atom is 0.272 e. The number of aromatic nitrogens is 2. The van der Waals surface area contributed by atoms with E-state index in [0.717, 1.165) is 24.3 Å². The van der Waals surface area contributed by atoms with Crippen LogP contribution in [0.25, 0.3) is 0 Å². The molecular weight excluding hydrogens is 440 g/mol. The van der Waals surface area contributed by atoms with Crippen molar-refractivity contribution in [2.45, 2.75) is 44.3 Å². The van der Waals surface area contributed by atoms with Gasteiger partial charge in [0.25, 0.3) is 5.91 Å². The van der Waals surface area contributed by atoms with Crippen LogP contribution in [0, 0.1) is 0 Å². The van der Waals surface area contributed by atoms with Crippen LogP contribution in [-0.2, 0) is 11.2 Å². The van der Waals surface area contributed by atoms with Gasteiger partial charge in [-0.3, -0.25) is 9.59 Å². The summed E-state index contributed by atoms with van der Waals surface area (Å²) in [4.78, 5) is 34.1. The number of hydrogen-bond donors (Lipinski definition) is 2. The topological polar surface area (TPSA) is 84.0 Å². The molecule has 2 N–H and O–H groups in total. The fourth-order valence-corrected chi connectivity index (χ4v) is 3.88. The zero-order chi connectivity index (χ0) is 21.9. The van der Waals surface area contributed by atoms with Gasteiger partial charge >= 0.3 is 0 Å². The highest BCUT2D eigenvalue weighted by Crippen LogP contribution is 2.19. The van der Waals surface area contributed by atoms with Gasteiger partial charge in [-0.1, -0.05) is 49.3 Å². The molecule has 1 atom stereocenters. The van der Waals surface area contributed by atoms with Gasteiger partial charge in [0.05, 0.1) is 11.2 Å². The number of aryl methyl sites for hydroxylation is 1. The van der Waals surface area contributed by atoms with Gasteiger partial charge in [-0.2, -0.15) is 11.8 Å². The maximum absolute atomic E-state index is 12.8. The van der Waals surface area contributed by atoms with Gasteiger partial charge < -0.3 is 10.6 Å². The normalized spacial score (nSPS) is 11.7. The molecule has 1 heterocycles. The molecule has 0 aliphatic rings.